The maximum Gasteiger partial charge on any atom is 0.416 e. The summed E-state index contributed by atoms with van der Waals surface area (Å²) in [5, 5.41) is 10.4. The van der Waals surface area contributed by atoms with E-state index < -0.39 is 17.6 Å². The molecule has 0 bridgehead atoms. The van der Waals surface area contributed by atoms with Gasteiger partial charge in [0.1, 0.15) is 0 Å². The molecule has 0 aliphatic carbocycles. The third-order valence-electron chi connectivity index (χ3n) is 5.45. The van der Waals surface area contributed by atoms with Gasteiger partial charge in [-0.05, 0) is 37.3 Å². The third-order valence-corrected chi connectivity index (χ3v) is 5.45. The number of rotatable bonds is 6. The highest BCUT2D eigenvalue weighted by atomic mass is 19.4. The summed E-state index contributed by atoms with van der Waals surface area (Å²) in [6, 6.07) is 15.1. The monoisotopic (exact) mass is 481 g/mol. The number of hydrogen-bond donors (Lipinski definition) is 2. The van der Waals surface area contributed by atoms with Crippen molar-refractivity contribution in [2.75, 3.05) is 13.1 Å². The van der Waals surface area contributed by atoms with Crippen LogP contribution in [0.25, 0.3) is 22.3 Å². The molecule has 0 aliphatic rings. The minimum Gasteiger partial charge on any atom is -0.350 e. The number of benzene rings is 2. The first kappa shape index (κ1) is 23.9. The molecule has 0 fully saturated rings. The lowest BCUT2D eigenvalue weighted by Gasteiger charge is -2.11. The van der Waals surface area contributed by atoms with Crippen LogP contribution in [0.4, 0.5) is 13.2 Å². The quantitative estimate of drug-likeness (QED) is 0.406. The van der Waals surface area contributed by atoms with Gasteiger partial charge in [-0.25, -0.2) is 4.98 Å². The fraction of sp³-hybridized carbons (Fsp3) is 0.200. The van der Waals surface area contributed by atoms with Crippen molar-refractivity contribution < 1.29 is 22.8 Å². The van der Waals surface area contributed by atoms with Gasteiger partial charge in [0.2, 0.25) is 0 Å². The highest BCUT2D eigenvalue weighted by molar-refractivity contribution is 6.07. The molecule has 180 valence electrons. The Morgan fingerprint density at radius 3 is 2.20 bits per heavy atom. The van der Waals surface area contributed by atoms with Crippen molar-refractivity contribution >= 4 is 22.8 Å². The van der Waals surface area contributed by atoms with Crippen LogP contribution in [0.2, 0.25) is 0 Å². The third kappa shape index (κ3) is 5.16. The van der Waals surface area contributed by atoms with E-state index in [4.69, 9.17) is 0 Å². The molecule has 2 amide bonds. The van der Waals surface area contributed by atoms with Crippen molar-refractivity contribution in [3.8, 4) is 11.3 Å². The first-order chi connectivity index (χ1) is 16.6. The number of alkyl halides is 3. The van der Waals surface area contributed by atoms with Crippen LogP contribution in [-0.2, 0) is 13.2 Å². The Morgan fingerprint density at radius 2 is 1.57 bits per heavy atom. The number of fused-ring (bicyclic) bond motifs is 1. The van der Waals surface area contributed by atoms with E-state index >= 15 is 0 Å². The lowest BCUT2D eigenvalue weighted by Crippen LogP contribution is -2.34. The smallest absolute Gasteiger partial charge is 0.350 e. The first-order valence-corrected chi connectivity index (χ1v) is 10.8. The molecule has 35 heavy (non-hydrogen) atoms. The van der Waals surface area contributed by atoms with Gasteiger partial charge in [0.25, 0.3) is 11.8 Å². The summed E-state index contributed by atoms with van der Waals surface area (Å²) in [6.07, 6.45) is -4.47. The molecular weight excluding hydrogens is 459 g/mol. The SMILES string of the molecule is Cc1nn(C)c2nc(-c3ccccc3)cc(C(=O)NCCNC(=O)c3ccc(C(F)(F)F)cc3)c12. The topological polar surface area (TPSA) is 88.9 Å². The first-order valence-electron chi connectivity index (χ1n) is 10.8. The summed E-state index contributed by atoms with van der Waals surface area (Å²) >= 11 is 0. The Kier molecular flexibility index (Phi) is 6.54. The lowest BCUT2D eigenvalue weighted by atomic mass is 10.0. The second-order valence-corrected chi connectivity index (χ2v) is 7.92. The number of aromatic nitrogens is 3. The fourth-order valence-electron chi connectivity index (χ4n) is 3.74. The van der Waals surface area contributed by atoms with E-state index in [-0.39, 0.29) is 24.6 Å². The van der Waals surface area contributed by atoms with Crippen molar-refractivity contribution in [2.45, 2.75) is 13.1 Å². The Morgan fingerprint density at radius 1 is 0.943 bits per heavy atom. The van der Waals surface area contributed by atoms with E-state index in [1.165, 1.54) is 0 Å². The maximum absolute atomic E-state index is 13.1. The molecule has 0 spiro atoms. The van der Waals surface area contributed by atoms with E-state index in [9.17, 15) is 22.8 Å². The van der Waals surface area contributed by atoms with Gasteiger partial charge in [-0.1, -0.05) is 30.3 Å². The highest BCUT2D eigenvalue weighted by Crippen LogP contribution is 2.29. The number of carbonyl (C=O) groups excluding carboxylic acids is 2. The summed E-state index contributed by atoms with van der Waals surface area (Å²) in [4.78, 5) is 30.0. The number of halogens is 3. The van der Waals surface area contributed by atoms with Crippen LogP contribution in [0.1, 0.15) is 32.0 Å². The van der Waals surface area contributed by atoms with Crippen molar-refractivity contribution in [3.63, 3.8) is 0 Å². The minimum atomic E-state index is -4.47. The zero-order valence-electron chi connectivity index (χ0n) is 19.0. The second kappa shape index (κ2) is 9.57. The predicted molar refractivity (Wildman–Crippen MR) is 125 cm³/mol. The van der Waals surface area contributed by atoms with Gasteiger partial charge in [-0.3, -0.25) is 14.3 Å². The Hall–Kier alpha value is -4.21. The molecule has 0 saturated heterocycles. The molecule has 4 aromatic rings. The molecule has 2 N–H and O–H groups in total. The van der Waals surface area contributed by atoms with Gasteiger partial charge in [-0.15, -0.1) is 0 Å². The van der Waals surface area contributed by atoms with Crippen LogP contribution in [-0.4, -0.2) is 39.7 Å². The molecule has 7 nitrogen and oxygen atoms in total. The van der Waals surface area contributed by atoms with Gasteiger partial charge < -0.3 is 10.6 Å². The molecule has 0 atom stereocenters. The van der Waals surface area contributed by atoms with Gasteiger partial charge in [-0.2, -0.15) is 18.3 Å². The zero-order valence-corrected chi connectivity index (χ0v) is 19.0. The molecule has 2 aromatic heterocycles. The van der Waals surface area contributed by atoms with Crippen LogP contribution >= 0.6 is 0 Å². The standard InChI is InChI=1S/C25H22F3N5O2/c1-15-21-19(14-20(16-6-4-3-5-7-16)31-22(21)33(2)32-15)24(35)30-13-12-29-23(34)17-8-10-18(11-9-17)25(26,27)28/h3-11,14H,12-13H2,1-2H3,(H,29,34)(H,30,35). The zero-order chi connectivity index (χ0) is 25.2. The van der Waals surface area contributed by atoms with E-state index in [2.05, 4.69) is 20.7 Å². The molecule has 0 saturated carbocycles. The normalized spacial score (nSPS) is 11.5. The van der Waals surface area contributed by atoms with E-state index in [0.717, 1.165) is 29.8 Å². The number of hydrogen-bond acceptors (Lipinski definition) is 4. The number of pyridine rings is 1. The molecule has 2 heterocycles. The Labute approximate surface area is 199 Å². The maximum atomic E-state index is 13.1. The number of nitrogens with zero attached hydrogens (tertiary/aromatic N) is 3. The van der Waals surface area contributed by atoms with E-state index in [0.29, 0.717) is 28.0 Å². The van der Waals surface area contributed by atoms with Crippen LogP contribution in [0.15, 0.2) is 60.7 Å². The largest absolute Gasteiger partial charge is 0.416 e. The molecular formula is C25H22F3N5O2. The summed E-state index contributed by atoms with van der Waals surface area (Å²) in [6.45, 7) is 2.01. The summed E-state index contributed by atoms with van der Waals surface area (Å²) < 4.78 is 39.7. The van der Waals surface area contributed by atoms with Gasteiger partial charge in [0.05, 0.1) is 27.9 Å². The van der Waals surface area contributed by atoms with Crippen LogP contribution < -0.4 is 10.6 Å². The van der Waals surface area contributed by atoms with Crippen molar-refractivity contribution in [2.24, 2.45) is 7.05 Å². The highest BCUT2D eigenvalue weighted by Gasteiger charge is 2.30. The summed E-state index contributed by atoms with van der Waals surface area (Å²) in [7, 11) is 1.76. The minimum absolute atomic E-state index is 0.0946. The molecule has 0 radical (unpaired) electrons. The number of carbonyl (C=O) groups is 2. The molecule has 10 heteroatoms. The van der Waals surface area contributed by atoms with Crippen LogP contribution in [0.5, 0.6) is 0 Å². The molecule has 0 aliphatic heterocycles. The lowest BCUT2D eigenvalue weighted by molar-refractivity contribution is -0.137. The van der Waals surface area contributed by atoms with E-state index in [1.54, 1.807) is 24.7 Å². The Bertz CT molecular complexity index is 1380. The van der Waals surface area contributed by atoms with E-state index in [1.807, 2.05) is 30.3 Å². The van der Waals surface area contributed by atoms with Crippen molar-refractivity contribution in [1.29, 1.82) is 0 Å². The average molecular weight is 481 g/mol. The molecule has 0 unspecified atom stereocenters. The number of nitrogens with one attached hydrogen (secondary N) is 2. The van der Waals surface area contributed by atoms with Crippen LogP contribution in [0.3, 0.4) is 0 Å². The number of amides is 2. The van der Waals surface area contributed by atoms with Crippen molar-refractivity contribution in [3.05, 3.63) is 83.0 Å². The predicted octanol–water partition coefficient (Wildman–Crippen LogP) is 4.12. The average Bonchev–Trinajstić information content (AvgIpc) is 3.14. The molecule has 2 aromatic carbocycles. The second-order valence-electron chi connectivity index (χ2n) is 7.92. The van der Waals surface area contributed by atoms with Gasteiger partial charge >= 0.3 is 6.18 Å². The summed E-state index contributed by atoms with van der Waals surface area (Å²) in [5.74, 6) is -0.886. The van der Waals surface area contributed by atoms with Gasteiger partial charge in [0.15, 0.2) is 5.65 Å². The van der Waals surface area contributed by atoms with Crippen LogP contribution in [0, 0.1) is 6.92 Å². The van der Waals surface area contributed by atoms with Gasteiger partial charge in [0, 0.05) is 31.3 Å². The number of aryl methyl sites for hydroxylation is 2. The summed E-state index contributed by atoms with van der Waals surface area (Å²) in [5.41, 5.74) is 2.39. The molecule has 4 rings (SSSR count). The fourth-order valence-corrected chi connectivity index (χ4v) is 3.74. The Balaban J connectivity index is 1.45. The van der Waals surface area contributed by atoms with Crippen molar-refractivity contribution in [1.82, 2.24) is 25.4 Å².